The second-order valence-corrected chi connectivity index (χ2v) is 9.28. The van der Waals surface area contributed by atoms with Crippen LogP contribution in [0.2, 0.25) is 0 Å². The normalized spacial score (nSPS) is 11.5. The molecule has 1 heterocycles. The van der Waals surface area contributed by atoms with Crippen molar-refractivity contribution < 1.29 is 129 Å². The fourth-order valence-corrected chi connectivity index (χ4v) is 4.16. The first-order valence-corrected chi connectivity index (χ1v) is 12.3. The number of hydrogen-bond acceptors (Lipinski definition) is 8. The number of rotatable bonds is 2. The molecule has 0 aliphatic carbocycles. The molecule has 0 saturated carbocycles. The molecule has 1 aliphatic rings. The van der Waals surface area contributed by atoms with Gasteiger partial charge in [0.1, 0.15) is 15.9 Å². The van der Waals surface area contributed by atoms with Crippen LogP contribution in [0.3, 0.4) is 0 Å². The fraction of sp³-hybridized carbons (Fsp3) is 0. The molecule has 0 atom stereocenters. The first kappa shape index (κ1) is 35.9. The van der Waals surface area contributed by atoms with Crippen LogP contribution in [0, 0.1) is 52.6 Å². The minimum Gasteiger partial charge on any atom is -0.744 e. The summed E-state index contributed by atoms with van der Waals surface area (Å²) in [6.07, 6.45) is 0. The van der Waals surface area contributed by atoms with E-state index in [2.05, 4.69) is 6.07 Å². The van der Waals surface area contributed by atoms with Crippen LogP contribution in [0.15, 0.2) is 29.2 Å². The third-order valence-electron chi connectivity index (χ3n) is 5.21. The maximum absolute atomic E-state index is 15.5. The van der Waals surface area contributed by atoms with Crippen molar-refractivity contribution in [3.8, 4) is 34.1 Å². The molecule has 4 aromatic carbocycles. The number of ether oxygens (including phenoxy) is 2. The second-order valence-electron chi connectivity index (χ2n) is 7.49. The smallest absolute Gasteiger partial charge is 0.744 e. The topological polar surface area (TPSA) is 127 Å². The molecule has 42 heavy (non-hydrogen) atoms. The molecule has 1 aliphatic heterocycles. The quantitative estimate of drug-likeness (QED) is 0.0605. The van der Waals surface area contributed by atoms with Crippen molar-refractivity contribution >= 4 is 31.5 Å². The maximum Gasteiger partial charge on any atom is 1.00 e. The molecule has 0 N–H and O–H groups in total. The van der Waals surface area contributed by atoms with Crippen LogP contribution in [0.25, 0.3) is 21.9 Å². The summed E-state index contributed by atoms with van der Waals surface area (Å²) in [5, 5.41) is -0.261. The monoisotopic (exact) mass is 658 g/mol. The summed E-state index contributed by atoms with van der Waals surface area (Å²) < 4.78 is 185. The Hall–Kier alpha value is -2.29. The van der Waals surface area contributed by atoms with E-state index in [4.69, 9.17) is 22.1 Å². The minimum atomic E-state index is -5.14. The Morgan fingerprint density at radius 2 is 1.07 bits per heavy atom. The van der Waals surface area contributed by atoms with Crippen LogP contribution >= 0.6 is 0 Å². The first-order valence-electron chi connectivity index (χ1n) is 9.84. The predicted octanol–water partition coefficient (Wildman–Crippen LogP) is -0.774. The summed E-state index contributed by atoms with van der Waals surface area (Å²) in [5.74, 6) is -23.6. The Morgan fingerprint density at radius 1 is 0.643 bits per heavy atom. The molecule has 20 heteroatoms. The summed E-state index contributed by atoms with van der Waals surface area (Å²) in [7, 11) is -8.25. The Morgan fingerprint density at radius 3 is 1.60 bits per heavy atom. The van der Waals surface area contributed by atoms with Gasteiger partial charge in [0.05, 0.1) is 11.1 Å². The third kappa shape index (κ3) is 6.31. The summed E-state index contributed by atoms with van der Waals surface area (Å²) in [6.45, 7) is 0. The van der Waals surface area contributed by atoms with E-state index in [0.29, 0.717) is 6.07 Å². The van der Waals surface area contributed by atoms with Gasteiger partial charge in [-0.25, -0.2) is 39.2 Å². The predicted molar refractivity (Wildman–Crippen MR) is 112 cm³/mol. The van der Waals surface area contributed by atoms with Crippen molar-refractivity contribution in [3.63, 3.8) is 0 Å². The van der Waals surface area contributed by atoms with Crippen LogP contribution in [0.1, 0.15) is 0 Å². The van der Waals surface area contributed by atoms with Gasteiger partial charge in [0, 0.05) is 10.6 Å². The summed E-state index contributed by atoms with van der Waals surface area (Å²) >= 11 is 0. The molecule has 0 bridgehead atoms. The van der Waals surface area contributed by atoms with E-state index in [-0.39, 0.29) is 69.9 Å². The molecule has 0 spiro atoms. The molecule has 0 fully saturated rings. The number of halogens is 8. The van der Waals surface area contributed by atoms with Crippen LogP contribution in [-0.4, -0.2) is 25.6 Å². The van der Waals surface area contributed by atoms with Gasteiger partial charge < -0.3 is 14.0 Å². The van der Waals surface area contributed by atoms with Crippen molar-refractivity contribution in [2.24, 2.45) is 0 Å². The third-order valence-corrected chi connectivity index (χ3v) is 6.03. The Balaban J connectivity index is 0.000000967. The Labute approximate surface area is 274 Å². The number of benzene rings is 4. The van der Waals surface area contributed by atoms with Gasteiger partial charge in [-0.15, -0.1) is 24.1 Å². The zero-order valence-electron chi connectivity index (χ0n) is 20.4. The van der Waals surface area contributed by atoms with Gasteiger partial charge in [0.15, 0.2) is 40.7 Å². The van der Waals surface area contributed by atoms with Gasteiger partial charge in [-0.3, -0.25) is 0 Å². The van der Waals surface area contributed by atoms with Crippen molar-refractivity contribution in [2.75, 3.05) is 0 Å². The largest absolute Gasteiger partial charge is 1.00 e. The van der Waals surface area contributed by atoms with E-state index >= 15 is 4.39 Å². The van der Waals surface area contributed by atoms with Gasteiger partial charge in [-0.2, -0.15) is 16.5 Å². The van der Waals surface area contributed by atoms with Gasteiger partial charge in [-0.1, -0.05) is 6.07 Å². The molecule has 8 nitrogen and oxygen atoms in total. The van der Waals surface area contributed by atoms with Crippen LogP contribution < -0.4 is 68.6 Å². The van der Waals surface area contributed by atoms with Crippen molar-refractivity contribution in [2.45, 2.75) is 4.90 Å². The van der Waals surface area contributed by atoms with Crippen molar-refractivity contribution in [3.05, 3.63) is 76.9 Å². The average Bonchev–Trinajstić information content (AvgIpc) is 3.04. The second kappa shape index (κ2) is 13.1. The van der Waals surface area contributed by atoms with Crippen molar-refractivity contribution in [1.82, 2.24) is 0 Å². The average molecular weight is 658 g/mol. The first-order chi connectivity index (χ1) is 18.6. The van der Waals surface area contributed by atoms with E-state index in [1.54, 1.807) is 0 Å². The molecule has 0 amide bonds. The number of fused-ring (bicyclic) bond motifs is 1. The molecule has 0 radical (unpaired) electrons. The maximum atomic E-state index is 15.5. The van der Waals surface area contributed by atoms with Gasteiger partial charge in [0.25, 0.3) is 0 Å². The van der Waals surface area contributed by atoms with E-state index in [0.717, 1.165) is 18.2 Å². The summed E-state index contributed by atoms with van der Waals surface area (Å²) in [4.78, 5) is -0.901. The zero-order chi connectivity index (χ0) is 29.8. The molecule has 0 unspecified atom stereocenters. The van der Waals surface area contributed by atoms with Crippen LogP contribution in [0.4, 0.5) is 35.1 Å². The molecule has 0 saturated heterocycles. The molecular weight excluding hydrogens is 654 g/mol. The minimum absolute atomic E-state index is 0. The summed E-state index contributed by atoms with van der Waals surface area (Å²) in [6, 6.07) is 6.09. The Kier molecular flexibility index (Phi) is 11.2. The standard InChI is InChI=1S/C22H5F8O5S.2Na.O3S/c23-13-11(14(24)18(28)19(29)17(13)27)12-15(25)20(30)22-21(16(12)26)35-9-5-7(36(31,32)33)4-6-2-1-3-8(34-22)10(6)9;;;1-4(2)3/h2-5H,(H,31,32,33);;;/q-1;2*+1;/p-1. The SMILES string of the molecule is O=S(=O)([O-])c1cc2c3c(c[c-]cc3c1)Oc1c(F)c(F)c(-c3c(F)c(F)c(F)c(F)c3F)c(F)c1O2.O=S(=O)=O.[Na+].[Na+]. The van der Waals surface area contributed by atoms with E-state index in [9.17, 15) is 43.7 Å². The molecular formula is C22H4F8Na2O8S2. The molecule has 0 aromatic heterocycles. The molecule has 210 valence electrons. The van der Waals surface area contributed by atoms with E-state index in [1.165, 1.54) is 0 Å². The Bertz CT molecular complexity index is 1960. The number of hydrogen-bond donors (Lipinski definition) is 0. The van der Waals surface area contributed by atoms with Crippen LogP contribution in [-0.2, 0) is 20.7 Å². The summed E-state index contributed by atoms with van der Waals surface area (Å²) in [5.41, 5.74) is -4.16. The van der Waals surface area contributed by atoms with Gasteiger partial charge in [0.2, 0.25) is 17.4 Å². The van der Waals surface area contributed by atoms with Crippen LogP contribution in [0.5, 0.6) is 23.0 Å². The van der Waals surface area contributed by atoms with E-state index < -0.39 is 106 Å². The van der Waals surface area contributed by atoms with Crippen molar-refractivity contribution in [1.29, 1.82) is 0 Å². The van der Waals surface area contributed by atoms with E-state index in [1.807, 2.05) is 0 Å². The fourth-order valence-electron chi connectivity index (χ4n) is 3.64. The zero-order valence-corrected chi connectivity index (χ0v) is 26.0. The molecule has 5 rings (SSSR count). The van der Waals surface area contributed by atoms with Gasteiger partial charge >= 0.3 is 69.7 Å². The van der Waals surface area contributed by atoms with Gasteiger partial charge in [-0.05, 0) is 11.5 Å². The molecule has 4 aromatic rings.